The number of carbonyl (C=O) groups excluding carboxylic acids is 8. The van der Waals surface area contributed by atoms with E-state index >= 15 is 9.59 Å². The fourth-order valence-electron chi connectivity index (χ4n) is 16.8. The van der Waals surface area contributed by atoms with Gasteiger partial charge in [0.25, 0.3) is 0 Å². The first-order valence-electron chi connectivity index (χ1n) is 43.0. The number of nitrogens with zero attached hydrogens (tertiary/aromatic N) is 6. The summed E-state index contributed by atoms with van der Waals surface area (Å²) in [6, 6.07) is 12.5. The Labute approximate surface area is 681 Å². The van der Waals surface area contributed by atoms with E-state index < -0.39 is 161 Å². The van der Waals surface area contributed by atoms with E-state index in [1.807, 2.05) is 113 Å². The van der Waals surface area contributed by atoms with Crippen molar-refractivity contribution >= 4 is 100 Å². The molecular formula is C86H120N8O18S2. The minimum atomic E-state index is -4.00. The van der Waals surface area contributed by atoms with Crippen LogP contribution in [0.1, 0.15) is 207 Å². The minimum Gasteiger partial charge on any atom is -0.497 e. The summed E-state index contributed by atoms with van der Waals surface area (Å²) in [7, 11) is 2.51. The third kappa shape index (κ3) is 19.6. The van der Waals surface area contributed by atoms with E-state index in [1.165, 1.54) is 37.5 Å². The SMILES string of the molecule is [2H]C([2H])([2H])C(C)(C)OC(=O)C[C@@H]1C(=O)N2C[C@H](Oc3nc(N(C)C)cc4cc(OC)ccc34)C[C@H]2C(=O)C[C@]2(C(=O)NS(=O)(=O)C3(C)CC3)C[C@H]2/C=C\CC[C@@H](C)C[C@H]1C.[2H]C([2H])([2H])C(C)(C)OC(=O)C[C@@H]1C(=O)N2C[C@H](Oc3nc(N(C)C)cc4cc(OC)ccc34)C[C@H]2C(=O)C[C@]2(C(=O)NS(=O)(=O)C3(C)CC3)C[C@H]2/C=C\CC[C@H](C)C[C@H]1C. The molecular weight excluding hydrogens is 1500 g/mol. The van der Waals surface area contributed by atoms with Crippen LogP contribution < -0.4 is 38.2 Å². The van der Waals surface area contributed by atoms with Gasteiger partial charge in [-0.15, -0.1) is 0 Å². The van der Waals surface area contributed by atoms with Crippen molar-refractivity contribution in [3.8, 4) is 23.3 Å². The Kier molecular flexibility index (Phi) is 22.8. The summed E-state index contributed by atoms with van der Waals surface area (Å²) in [5.74, 6) is -5.25. The molecule has 114 heavy (non-hydrogen) atoms. The van der Waals surface area contributed by atoms with Crippen LogP contribution >= 0.6 is 0 Å². The molecule has 0 unspecified atom stereocenters. The first-order chi connectivity index (χ1) is 55.8. The van der Waals surface area contributed by atoms with Gasteiger partial charge >= 0.3 is 11.9 Å². The van der Waals surface area contributed by atoms with Crippen molar-refractivity contribution in [3.05, 3.63) is 72.8 Å². The molecule has 0 radical (unpaired) electrons. The number of sulfonamides is 2. The van der Waals surface area contributed by atoms with E-state index in [2.05, 4.69) is 23.3 Å². The van der Waals surface area contributed by atoms with Crippen LogP contribution in [0.2, 0.25) is 0 Å². The fraction of sp³-hybridized carbons (Fsp3) is 0.651. The maximum absolute atomic E-state index is 15.1. The standard InChI is InChI=1S/2C43H60N4O9S/c2*1-26-12-10-11-13-29-23-43(29,40(51)45-57(52,53)42(6)16-17-42)24-35(48)34-21-31(25-47(34)39(50)33(27(2)18-26)22-37(49)56-41(3,4)5)55-38-32-15-14-30(54-9)19-28(32)20-36(44-38)46(7)8/h2*11,13-15,19-20,26-27,29,31,33-34H,10,12,16-18,21-25H2,1-9H3,(H,45,51)/b2*13-11-/t26-,27+,29+,31+,33-,34-,43+;26-,27-,29-,31-,33+,34+,43-/m01/s1/i2*3D3. The van der Waals surface area contributed by atoms with Crippen molar-refractivity contribution in [1.29, 1.82) is 0 Å². The third-order valence-electron chi connectivity index (χ3n) is 24.6. The maximum Gasteiger partial charge on any atom is 0.307 e. The summed E-state index contributed by atoms with van der Waals surface area (Å²) in [4.78, 5) is 131. The summed E-state index contributed by atoms with van der Waals surface area (Å²) < 4.78 is 138. The summed E-state index contributed by atoms with van der Waals surface area (Å²) in [6.07, 6.45) is 11.0. The highest BCUT2D eigenvalue weighted by atomic mass is 32.2. The minimum absolute atomic E-state index is 0.0404. The van der Waals surface area contributed by atoms with Crippen LogP contribution in [0.4, 0.5) is 11.6 Å². The molecule has 28 heteroatoms. The molecule has 4 saturated carbocycles. The number of amides is 4. The number of benzene rings is 2. The van der Waals surface area contributed by atoms with Gasteiger partial charge in [-0.3, -0.25) is 47.8 Å². The molecule has 26 nitrogen and oxygen atoms in total. The molecule has 624 valence electrons. The second-order valence-corrected chi connectivity index (χ2v) is 40.1. The fourth-order valence-corrected chi connectivity index (χ4v) is 19.4. The quantitative estimate of drug-likeness (QED) is 0.0690. The van der Waals surface area contributed by atoms with Crippen LogP contribution in [-0.4, -0.2) is 184 Å². The first-order valence-corrected chi connectivity index (χ1v) is 43.0. The normalized spacial score (nSPS) is 30.6. The Bertz CT molecular complexity index is 4610. The molecule has 4 aliphatic heterocycles. The van der Waals surface area contributed by atoms with E-state index in [0.29, 0.717) is 85.3 Å². The number of allylic oxidation sites excluding steroid dienone is 4. The molecule has 8 aliphatic rings. The van der Waals surface area contributed by atoms with Gasteiger partial charge in [-0.1, -0.05) is 52.0 Å². The molecule has 4 aliphatic carbocycles. The zero-order valence-electron chi connectivity index (χ0n) is 74.8. The second-order valence-electron chi connectivity index (χ2n) is 35.7. The van der Waals surface area contributed by atoms with Crippen LogP contribution in [0.15, 0.2) is 72.8 Å². The van der Waals surface area contributed by atoms with Crippen molar-refractivity contribution in [2.24, 2.45) is 58.2 Å². The molecule has 12 rings (SSSR count). The topological polar surface area (TPSA) is 323 Å². The van der Waals surface area contributed by atoms with Crippen LogP contribution in [0.3, 0.4) is 0 Å². The Morgan fingerprint density at radius 3 is 1.27 bits per heavy atom. The Hall–Kier alpha value is -8.40. The van der Waals surface area contributed by atoms with Gasteiger partial charge in [0.15, 0.2) is 11.6 Å². The smallest absolute Gasteiger partial charge is 0.307 e. The highest BCUT2D eigenvalue weighted by Gasteiger charge is 2.65. The van der Waals surface area contributed by atoms with Gasteiger partial charge in [-0.05, 0) is 227 Å². The molecule has 0 spiro atoms. The van der Waals surface area contributed by atoms with Gasteiger partial charge in [0.1, 0.15) is 46.5 Å². The maximum atomic E-state index is 15.1. The van der Waals surface area contributed by atoms with E-state index in [1.54, 1.807) is 40.2 Å². The number of ether oxygens (including phenoxy) is 6. The van der Waals surface area contributed by atoms with E-state index in [-0.39, 0.29) is 98.9 Å². The number of esters is 2. The van der Waals surface area contributed by atoms with E-state index in [9.17, 15) is 45.6 Å². The average molecular weight is 1620 g/mol. The zero-order chi connectivity index (χ0) is 88.3. The molecule has 0 bridgehead atoms. The number of anilines is 2. The predicted octanol–water partition coefficient (Wildman–Crippen LogP) is 12.0. The lowest BCUT2D eigenvalue weighted by Gasteiger charge is -2.32. The number of fused-ring (bicyclic) bond motifs is 6. The van der Waals surface area contributed by atoms with Gasteiger partial charge < -0.3 is 48.0 Å². The van der Waals surface area contributed by atoms with E-state index in [4.69, 9.17) is 46.6 Å². The number of hydrogen-bond acceptors (Lipinski definition) is 22. The number of Topliss-reactive ketones (excluding diaryl/α,β-unsaturated/α-hetero) is 2. The number of carbonyl (C=O) groups is 8. The predicted molar refractivity (Wildman–Crippen MR) is 435 cm³/mol. The molecule has 14 atom stereocenters. The van der Waals surface area contributed by atoms with Crippen molar-refractivity contribution < 1.29 is 91.8 Å². The molecule has 6 fully saturated rings. The van der Waals surface area contributed by atoms with Gasteiger partial charge in [-0.2, -0.15) is 9.97 Å². The Morgan fingerprint density at radius 2 is 0.939 bits per heavy atom. The van der Waals surface area contributed by atoms with Gasteiger partial charge in [-0.25, -0.2) is 16.8 Å². The van der Waals surface area contributed by atoms with Crippen molar-refractivity contribution in [2.75, 3.05) is 65.3 Å². The summed E-state index contributed by atoms with van der Waals surface area (Å²) in [5, 5.41) is 2.94. The van der Waals surface area contributed by atoms with Gasteiger partial charge in [0, 0.05) is 72.9 Å². The third-order valence-corrected chi connectivity index (χ3v) is 28.9. The zero-order valence-corrected chi connectivity index (χ0v) is 70.5. The molecule has 2 saturated heterocycles. The van der Waals surface area contributed by atoms with Crippen molar-refractivity contribution in [3.63, 3.8) is 0 Å². The van der Waals surface area contributed by atoms with Gasteiger partial charge in [0.2, 0.25) is 55.4 Å². The Morgan fingerprint density at radius 1 is 0.570 bits per heavy atom. The summed E-state index contributed by atoms with van der Waals surface area (Å²) in [5.41, 5.74) is -6.30. The molecule has 2 N–H and O–H groups in total. The lowest BCUT2D eigenvalue weighted by Crippen LogP contribution is -2.48. The number of nitrogens with one attached hydrogen (secondary N) is 2. The van der Waals surface area contributed by atoms with Crippen LogP contribution in [0.5, 0.6) is 23.3 Å². The number of rotatable bonds is 18. The molecule has 4 amide bonds. The number of hydrogen-bond donors (Lipinski definition) is 2. The highest BCUT2D eigenvalue weighted by Crippen LogP contribution is 2.59. The average Bonchev–Trinajstić information content (AvgIpc) is 1.57. The monoisotopic (exact) mass is 1620 g/mol. The second kappa shape index (κ2) is 33.3. The van der Waals surface area contributed by atoms with E-state index in [0.717, 1.165) is 23.6 Å². The lowest BCUT2D eigenvalue weighted by molar-refractivity contribution is -0.160. The summed E-state index contributed by atoms with van der Waals surface area (Å²) >= 11 is 0. The molecule has 6 heterocycles. The lowest BCUT2D eigenvalue weighted by atomic mass is 9.82. The van der Waals surface area contributed by atoms with Crippen LogP contribution in [0, 0.1) is 58.2 Å². The Balaban J connectivity index is 0.000000235. The number of ketones is 2. The largest absolute Gasteiger partial charge is 0.497 e. The molecule has 2 aromatic heterocycles. The van der Waals surface area contributed by atoms with Crippen LogP contribution in [0.25, 0.3) is 21.5 Å². The van der Waals surface area contributed by atoms with Gasteiger partial charge in [0.05, 0.1) is 84.4 Å². The van der Waals surface area contributed by atoms with Crippen molar-refractivity contribution in [2.45, 2.75) is 244 Å². The number of pyridine rings is 2. The first kappa shape index (κ1) is 78.1. The number of methoxy groups -OCH3 is 2. The summed E-state index contributed by atoms with van der Waals surface area (Å²) in [6.45, 7) is 10.9. The van der Waals surface area contributed by atoms with Crippen LogP contribution in [-0.2, 0) is 67.9 Å². The molecule has 2 aromatic carbocycles. The highest BCUT2D eigenvalue weighted by molar-refractivity contribution is 7.92. The molecule has 4 aromatic rings. The number of aromatic nitrogens is 2. The van der Waals surface area contributed by atoms with Crippen molar-refractivity contribution in [1.82, 2.24) is 29.2 Å².